The van der Waals surface area contributed by atoms with Crippen molar-refractivity contribution in [1.29, 1.82) is 0 Å². The van der Waals surface area contributed by atoms with Gasteiger partial charge in [-0.1, -0.05) is 35.3 Å². The lowest BCUT2D eigenvalue weighted by molar-refractivity contribution is -0.138. The topological polar surface area (TPSA) is 15.3 Å². The van der Waals surface area contributed by atoms with Gasteiger partial charge < -0.3 is 5.32 Å². The molecule has 1 saturated heterocycles. The van der Waals surface area contributed by atoms with Gasteiger partial charge in [-0.15, -0.1) is 24.8 Å². The van der Waals surface area contributed by atoms with Crippen LogP contribution in [0.4, 0.5) is 13.2 Å². The van der Waals surface area contributed by atoms with Crippen molar-refractivity contribution >= 4 is 48.0 Å². The number of halogens is 7. The van der Waals surface area contributed by atoms with E-state index in [0.717, 1.165) is 13.1 Å². The van der Waals surface area contributed by atoms with Crippen molar-refractivity contribution in [2.24, 2.45) is 0 Å². The summed E-state index contributed by atoms with van der Waals surface area (Å²) in [6.07, 6.45) is -5.01. The first-order chi connectivity index (χ1) is 9.88. The second-order valence-corrected chi connectivity index (χ2v) is 5.88. The third-order valence-electron chi connectivity index (χ3n) is 3.63. The Bertz CT molecular complexity index is 480. The van der Waals surface area contributed by atoms with Crippen LogP contribution >= 0.6 is 48.0 Å². The standard InChI is InChI=1S/C14H17Cl2F3N2.2ClH/c15-11-3-1-2-10(13(11)16)12(4-5-14(17,18)19)21-8-6-20-7-9-21;;/h1-3,12,20H,4-9H2;2*1H/t12-;;/m1../s1. The molecule has 23 heavy (non-hydrogen) atoms. The maximum Gasteiger partial charge on any atom is 0.389 e. The molecule has 0 amide bonds. The average molecular weight is 414 g/mol. The van der Waals surface area contributed by atoms with Gasteiger partial charge in [0.15, 0.2) is 0 Å². The molecule has 0 bridgehead atoms. The van der Waals surface area contributed by atoms with Crippen molar-refractivity contribution in [3.63, 3.8) is 0 Å². The fourth-order valence-corrected chi connectivity index (χ4v) is 3.04. The Morgan fingerprint density at radius 3 is 2.30 bits per heavy atom. The Morgan fingerprint density at radius 1 is 1.13 bits per heavy atom. The van der Waals surface area contributed by atoms with E-state index in [1.54, 1.807) is 18.2 Å². The van der Waals surface area contributed by atoms with Crippen LogP contribution in [0.15, 0.2) is 18.2 Å². The fraction of sp³-hybridized carbons (Fsp3) is 0.571. The summed E-state index contributed by atoms with van der Waals surface area (Å²) >= 11 is 12.2. The summed E-state index contributed by atoms with van der Waals surface area (Å²) in [5, 5.41) is 3.92. The zero-order valence-electron chi connectivity index (χ0n) is 12.2. The van der Waals surface area contributed by atoms with Crippen molar-refractivity contribution in [2.45, 2.75) is 25.1 Å². The van der Waals surface area contributed by atoms with Crippen molar-refractivity contribution in [3.8, 4) is 0 Å². The quantitative estimate of drug-likeness (QED) is 0.736. The van der Waals surface area contributed by atoms with E-state index in [1.807, 2.05) is 4.90 Å². The van der Waals surface area contributed by atoms with E-state index in [4.69, 9.17) is 23.2 Å². The van der Waals surface area contributed by atoms with Gasteiger partial charge in [-0.05, 0) is 18.1 Å². The largest absolute Gasteiger partial charge is 0.389 e. The summed E-state index contributed by atoms with van der Waals surface area (Å²) in [6, 6.07) is 4.77. The van der Waals surface area contributed by atoms with E-state index in [2.05, 4.69) is 5.32 Å². The average Bonchev–Trinajstić information content (AvgIpc) is 2.43. The van der Waals surface area contributed by atoms with E-state index < -0.39 is 12.6 Å². The van der Waals surface area contributed by atoms with Crippen LogP contribution < -0.4 is 5.32 Å². The molecule has 0 radical (unpaired) electrons. The summed E-state index contributed by atoms with van der Waals surface area (Å²) in [5.41, 5.74) is 0.676. The zero-order chi connectivity index (χ0) is 15.5. The molecule has 1 aromatic carbocycles. The molecule has 1 heterocycles. The number of nitrogens with one attached hydrogen (secondary N) is 1. The van der Waals surface area contributed by atoms with E-state index in [1.165, 1.54) is 0 Å². The minimum Gasteiger partial charge on any atom is -0.314 e. The van der Waals surface area contributed by atoms with Crippen molar-refractivity contribution in [3.05, 3.63) is 33.8 Å². The lowest BCUT2D eigenvalue weighted by Gasteiger charge is -2.36. The fourth-order valence-electron chi connectivity index (χ4n) is 2.61. The molecule has 0 aromatic heterocycles. The SMILES string of the molecule is Cl.Cl.FC(F)(F)CC[C@H](c1cccc(Cl)c1Cl)N1CCNCC1. The second kappa shape index (κ2) is 10.2. The monoisotopic (exact) mass is 412 g/mol. The highest BCUT2D eigenvalue weighted by molar-refractivity contribution is 6.42. The van der Waals surface area contributed by atoms with Gasteiger partial charge in [0.1, 0.15) is 0 Å². The third-order valence-corrected chi connectivity index (χ3v) is 4.47. The van der Waals surface area contributed by atoms with Crippen LogP contribution in [0.1, 0.15) is 24.4 Å². The number of alkyl halides is 3. The molecular weight excluding hydrogens is 395 g/mol. The van der Waals surface area contributed by atoms with Gasteiger partial charge >= 0.3 is 6.18 Å². The highest BCUT2D eigenvalue weighted by Crippen LogP contribution is 2.37. The van der Waals surface area contributed by atoms with Gasteiger partial charge in [0.25, 0.3) is 0 Å². The Morgan fingerprint density at radius 2 is 1.74 bits per heavy atom. The van der Waals surface area contributed by atoms with Crippen LogP contribution in [-0.4, -0.2) is 37.3 Å². The number of benzene rings is 1. The zero-order valence-corrected chi connectivity index (χ0v) is 15.4. The number of nitrogens with zero attached hydrogens (tertiary/aromatic N) is 1. The van der Waals surface area contributed by atoms with E-state index in [9.17, 15) is 13.2 Å². The molecule has 1 aliphatic heterocycles. The molecule has 2 nitrogen and oxygen atoms in total. The predicted octanol–water partition coefficient (Wildman–Crippen LogP) is 5.13. The van der Waals surface area contributed by atoms with Gasteiger partial charge in [0, 0.05) is 38.6 Å². The van der Waals surface area contributed by atoms with Crippen LogP contribution in [0, 0.1) is 0 Å². The molecule has 0 unspecified atom stereocenters. The van der Waals surface area contributed by atoms with E-state index in [-0.39, 0.29) is 37.3 Å². The van der Waals surface area contributed by atoms with Crippen molar-refractivity contribution in [2.75, 3.05) is 26.2 Å². The van der Waals surface area contributed by atoms with Gasteiger partial charge in [0.05, 0.1) is 10.0 Å². The minimum absolute atomic E-state index is 0. The molecule has 134 valence electrons. The van der Waals surface area contributed by atoms with Crippen LogP contribution in [-0.2, 0) is 0 Å². The maximum absolute atomic E-state index is 12.6. The Balaban J connectivity index is 0.00000242. The summed E-state index contributed by atoms with van der Waals surface area (Å²) in [4.78, 5) is 2.04. The number of hydrogen-bond donors (Lipinski definition) is 1. The molecule has 1 N–H and O–H groups in total. The molecule has 1 aromatic rings. The lowest BCUT2D eigenvalue weighted by atomic mass is 9.99. The maximum atomic E-state index is 12.6. The van der Waals surface area contributed by atoms with E-state index in [0.29, 0.717) is 28.7 Å². The van der Waals surface area contributed by atoms with Gasteiger partial charge in [-0.2, -0.15) is 13.2 Å². The number of piperazine rings is 1. The normalized spacial score (nSPS) is 17.1. The molecule has 0 aliphatic carbocycles. The Labute approximate surface area is 156 Å². The van der Waals surface area contributed by atoms with Gasteiger partial charge in [0.2, 0.25) is 0 Å². The Kier molecular flexibility index (Phi) is 10.2. The molecule has 1 atom stereocenters. The van der Waals surface area contributed by atoms with Gasteiger partial charge in [-0.25, -0.2) is 0 Å². The first-order valence-corrected chi connectivity index (χ1v) is 7.59. The third kappa shape index (κ3) is 6.85. The van der Waals surface area contributed by atoms with Crippen LogP contribution in [0.2, 0.25) is 10.0 Å². The molecular formula is C14H19Cl4F3N2. The van der Waals surface area contributed by atoms with Crippen LogP contribution in [0.5, 0.6) is 0 Å². The molecule has 1 fully saturated rings. The van der Waals surface area contributed by atoms with Gasteiger partial charge in [-0.3, -0.25) is 4.90 Å². The smallest absolute Gasteiger partial charge is 0.314 e. The lowest BCUT2D eigenvalue weighted by Crippen LogP contribution is -2.45. The molecule has 2 rings (SSSR count). The summed E-state index contributed by atoms with van der Waals surface area (Å²) in [7, 11) is 0. The van der Waals surface area contributed by atoms with Crippen molar-refractivity contribution in [1.82, 2.24) is 10.2 Å². The first-order valence-electron chi connectivity index (χ1n) is 6.84. The summed E-state index contributed by atoms with van der Waals surface area (Å²) in [5.74, 6) is 0. The highest BCUT2D eigenvalue weighted by Gasteiger charge is 2.32. The summed E-state index contributed by atoms with van der Waals surface area (Å²) in [6.45, 7) is 2.93. The first kappa shape index (κ1) is 23.1. The van der Waals surface area contributed by atoms with Crippen LogP contribution in [0.25, 0.3) is 0 Å². The highest BCUT2D eigenvalue weighted by atomic mass is 35.5. The number of rotatable bonds is 4. The second-order valence-electron chi connectivity index (χ2n) is 5.10. The predicted molar refractivity (Wildman–Crippen MR) is 93.4 cm³/mol. The van der Waals surface area contributed by atoms with Crippen molar-refractivity contribution < 1.29 is 13.2 Å². The minimum atomic E-state index is -4.17. The molecule has 0 spiro atoms. The van der Waals surface area contributed by atoms with Crippen LogP contribution in [0.3, 0.4) is 0 Å². The molecule has 1 aliphatic rings. The molecule has 9 heteroatoms. The summed E-state index contributed by atoms with van der Waals surface area (Å²) < 4.78 is 37.8. The van der Waals surface area contributed by atoms with E-state index >= 15 is 0 Å². The number of hydrogen-bond acceptors (Lipinski definition) is 2. The molecule has 0 saturated carbocycles. The Hall–Kier alpha value is 0.0900.